The number of alkyl halides is 3. The van der Waals surface area contributed by atoms with E-state index in [0.717, 1.165) is 0 Å². The van der Waals surface area contributed by atoms with Crippen LogP contribution < -0.4 is 10.1 Å². The standard InChI is InChI=1S/C14H17F3N2O2/c1-10(20)21-12-4-2-11(3-5-12)13(14(15,16)17)19-8-6-18-7-9-19/h2-5,13,18H,6-9H2,1H3/t13-/m0/s1. The van der Waals surface area contributed by atoms with Gasteiger partial charge in [-0.2, -0.15) is 13.2 Å². The van der Waals surface area contributed by atoms with Crippen molar-refractivity contribution < 1.29 is 22.7 Å². The lowest BCUT2D eigenvalue weighted by molar-refractivity contribution is -0.187. The van der Waals surface area contributed by atoms with Gasteiger partial charge in [-0.15, -0.1) is 0 Å². The van der Waals surface area contributed by atoms with Gasteiger partial charge in [0, 0.05) is 33.1 Å². The maximum Gasteiger partial charge on any atom is 0.408 e. The summed E-state index contributed by atoms with van der Waals surface area (Å²) in [5.74, 6) is -0.260. The molecule has 0 amide bonds. The van der Waals surface area contributed by atoms with E-state index >= 15 is 0 Å². The Bertz CT molecular complexity index is 482. The number of hydrogen-bond acceptors (Lipinski definition) is 4. The first-order valence-corrected chi connectivity index (χ1v) is 6.68. The summed E-state index contributed by atoms with van der Waals surface area (Å²) in [6.45, 7) is 3.01. The predicted molar refractivity (Wildman–Crippen MR) is 71.0 cm³/mol. The number of nitrogens with one attached hydrogen (secondary N) is 1. The Balaban J connectivity index is 2.22. The van der Waals surface area contributed by atoms with Crippen LogP contribution >= 0.6 is 0 Å². The Morgan fingerprint density at radius 2 is 1.81 bits per heavy atom. The van der Waals surface area contributed by atoms with Gasteiger partial charge in [0.05, 0.1) is 0 Å². The van der Waals surface area contributed by atoms with Crippen LogP contribution in [-0.4, -0.2) is 43.2 Å². The van der Waals surface area contributed by atoms with E-state index in [4.69, 9.17) is 4.74 Å². The molecule has 0 radical (unpaired) electrons. The molecule has 1 aliphatic heterocycles. The molecule has 1 saturated heterocycles. The molecule has 0 aliphatic carbocycles. The molecule has 1 atom stereocenters. The van der Waals surface area contributed by atoms with Gasteiger partial charge in [0.1, 0.15) is 11.8 Å². The number of carbonyl (C=O) groups is 1. The molecule has 1 aliphatic rings. The fourth-order valence-electron chi connectivity index (χ4n) is 2.43. The molecule has 7 heteroatoms. The van der Waals surface area contributed by atoms with Crippen LogP contribution in [0.5, 0.6) is 5.75 Å². The summed E-state index contributed by atoms with van der Waals surface area (Å²) in [7, 11) is 0. The van der Waals surface area contributed by atoms with Crippen molar-refractivity contribution in [2.75, 3.05) is 26.2 Å². The zero-order chi connectivity index (χ0) is 15.5. The van der Waals surface area contributed by atoms with E-state index in [1.54, 1.807) is 0 Å². The normalized spacial score (nSPS) is 18.3. The lowest BCUT2D eigenvalue weighted by atomic mass is 10.0. The van der Waals surface area contributed by atoms with Gasteiger partial charge in [0.25, 0.3) is 0 Å². The van der Waals surface area contributed by atoms with Crippen LogP contribution in [0.25, 0.3) is 0 Å². The number of halogens is 3. The minimum Gasteiger partial charge on any atom is -0.427 e. The Kier molecular flexibility index (Phi) is 4.84. The molecule has 2 rings (SSSR count). The SMILES string of the molecule is CC(=O)Oc1ccc([C@H](N2CCNCC2)C(F)(F)F)cc1. The highest BCUT2D eigenvalue weighted by Gasteiger charge is 2.44. The number of piperazine rings is 1. The van der Waals surface area contributed by atoms with Crippen molar-refractivity contribution in [1.82, 2.24) is 10.2 Å². The summed E-state index contributed by atoms with van der Waals surface area (Å²) >= 11 is 0. The molecular formula is C14H17F3N2O2. The van der Waals surface area contributed by atoms with Crippen molar-refractivity contribution in [2.24, 2.45) is 0 Å². The van der Waals surface area contributed by atoms with Gasteiger partial charge < -0.3 is 10.1 Å². The lowest BCUT2D eigenvalue weighted by Crippen LogP contribution is -2.49. The molecule has 1 aromatic carbocycles. The van der Waals surface area contributed by atoms with Crippen molar-refractivity contribution in [3.63, 3.8) is 0 Å². The summed E-state index contributed by atoms with van der Waals surface area (Å²) in [4.78, 5) is 12.2. The van der Waals surface area contributed by atoms with E-state index in [1.165, 1.54) is 36.1 Å². The van der Waals surface area contributed by atoms with E-state index in [0.29, 0.717) is 26.2 Å². The van der Waals surface area contributed by atoms with Gasteiger partial charge in [-0.3, -0.25) is 9.69 Å². The molecule has 0 spiro atoms. The highest BCUT2D eigenvalue weighted by atomic mass is 19.4. The molecule has 0 unspecified atom stereocenters. The van der Waals surface area contributed by atoms with Gasteiger partial charge in [-0.25, -0.2) is 0 Å². The number of carbonyl (C=O) groups excluding carboxylic acids is 1. The second-order valence-electron chi connectivity index (χ2n) is 4.89. The van der Waals surface area contributed by atoms with Crippen molar-refractivity contribution >= 4 is 5.97 Å². The quantitative estimate of drug-likeness (QED) is 0.686. The third kappa shape index (κ3) is 4.18. The number of nitrogens with zero attached hydrogens (tertiary/aromatic N) is 1. The highest BCUT2D eigenvalue weighted by Crippen LogP contribution is 2.38. The zero-order valence-corrected chi connectivity index (χ0v) is 11.6. The topological polar surface area (TPSA) is 41.6 Å². The number of benzene rings is 1. The maximum absolute atomic E-state index is 13.4. The minimum atomic E-state index is -4.35. The predicted octanol–water partition coefficient (Wildman–Crippen LogP) is 2.12. The van der Waals surface area contributed by atoms with Crippen LogP contribution in [-0.2, 0) is 4.79 Å². The zero-order valence-electron chi connectivity index (χ0n) is 11.6. The molecule has 1 fully saturated rings. The van der Waals surface area contributed by atoms with Crippen molar-refractivity contribution in [1.29, 1.82) is 0 Å². The Labute approximate surface area is 120 Å². The first kappa shape index (κ1) is 15.8. The number of ether oxygens (including phenoxy) is 1. The van der Waals surface area contributed by atoms with Gasteiger partial charge in [-0.1, -0.05) is 12.1 Å². The number of esters is 1. The van der Waals surface area contributed by atoms with Crippen LogP contribution in [0.15, 0.2) is 24.3 Å². The van der Waals surface area contributed by atoms with Crippen LogP contribution in [0.2, 0.25) is 0 Å². The Morgan fingerprint density at radius 3 is 2.29 bits per heavy atom. The van der Waals surface area contributed by atoms with Crippen LogP contribution in [0, 0.1) is 0 Å². The Morgan fingerprint density at radius 1 is 1.24 bits per heavy atom. The largest absolute Gasteiger partial charge is 0.427 e. The third-order valence-corrected chi connectivity index (χ3v) is 3.28. The third-order valence-electron chi connectivity index (χ3n) is 3.28. The van der Waals surface area contributed by atoms with Crippen LogP contribution in [0.4, 0.5) is 13.2 Å². The lowest BCUT2D eigenvalue weighted by Gasteiger charge is -2.36. The fraction of sp³-hybridized carbons (Fsp3) is 0.500. The van der Waals surface area contributed by atoms with Crippen molar-refractivity contribution in [2.45, 2.75) is 19.1 Å². The minimum absolute atomic E-state index is 0.153. The molecule has 21 heavy (non-hydrogen) atoms. The van der Waals surface area contributed by atoms with E-state index in [-0.39, 0.29) is 11.3 Å². The average Bonchev–Trinajstić information content (AvgIpc) is 2.40. The molecule has 116 valence electrons. The van der Waals surface area contributed by atoms with Gasteiger partial charge in [0.15, 0.2) is 0 Å². The summed E-state index contributed by atoms with van der Waals surface area (Å²) in [6, 6.07) is 3.86. The highest BCUT2D eigenvalue weighted by molar-refractivity contribution is 5.69. The van der Waals surface area contributed by atoms with E-state index in [1.807, 2.05) is 0 Å². The molecular weight excluding hydrogens is 285 g/mol. The van der Waals surface area contributed by atoms with Crippen LogP contribution in [0.1, 0.15) is 18.5 Å². The number of rotatable bonds is 3. The molecule has 0 aromatic heterocycles. The molecule has 1 aromatic rings. The first-order chi connectivity index (χ1) is 9.88. The molecule has 0 saturated carbocycles. The molecule has 1 N–H and O–H groups in total. The monoisotopic (exact) mass is 302 g/mol. The van der Waals surface area contributed by atoms with Crippen molar-refractivity contribution in [3.8, 4) is 5.75 Å². The summed E-state index contributed by atoms with van der Waals surface area (Å²) in [5.41, 5.74) is 0.153. The first-order valence-electron chi connectivity index (χ1n) is 6.68. The second-order valence-corrected chi connectivity index (χ2v) is 4.89. The summed E-state index contributed by atoms with van der Waals surface area (Å²) < 4.78 is 44.9. The van der Waals surface area contributed by atoms with E-state index in [9.17, 15) is 18.0 Å². The molecule has 1 heterocycles. The van der Waals surface area contributed by atoms with Gasteiger partial charge in [-0.05, 0) is 17.7 Å². The molecule has 0 bridgehead atoms. The summed E-state index contributed by atoms with van der Waals surface area (Å²) in [6.07, 6.45) is -4.35. The summed E-state index contributed by atoms with van der Waals surface area (Å²) in [5, 5.41) is 3.04. The maximum atomic E-state index is 13.4. The smallest absolute Gasteiger partial charge is 0.408 e. The van der Waals surface area contributed by atoms with Gasteiger partial charge in [0.2, 0.25) is 0 Å². The van der Waals surface area contributed by atoms with Crippen LogP contribution in [0.3, 0.4) is 0 Å². The average molecular weight is 302 g/mol. The Hall–Kier alpha value is -1.60. The fourth-order valence-corrected chi connectivity index (χ4v) is 2.43. The molecule has 4 nitrogen and oxygen atoms in total. The number of hydrogen-bond donors (Lipinski definition) is 1. The van der Waals surface area contributed by atoms with E-state index < -0.39 is 18.2 Å². The second kappa shape index (κ2) is 6.44. The van der Waals surface area contributed by atoms with E-state index in [2.05, 4.69) is 5.32 Å². The van der Waals surface area contributed by atoms with Crippen molar-refractivity contribution in [3.05, 3.63) is 29.8 Å². The van der Waals surface area contributed by atoms with Gasteiger partial charge >= 0.3 is 12.1 Å².